The minimum atomic E-state index is -5.83. The first kappa shape index (κ1) is 28.0. The summed E-state index contributed by atoms with van der Waals surface area (Å²) in [5, 5.41) is 4.79. The van der Waals surface area contributed by atoms with Crippen LogP contribution in [0.15, 0.2) is 77.9 Å². The number of ether oxygens (including phenoxy) is 1. The zero-order chi connectivity index (χ0) is 27.2. The number of nitrogens with zero attached hydrogens (tertiary/aromatic N) is 1. The lowest BCUT2D eigenvalue weighted by Crippen LogP contribution is -2.28. The van der Waals surface area contributed by atoms with E-state index in [0.29, 0.717) is 27.4 Å². The van der Waals surface area contributed by atoms with Gasteiger partial charge in [-0.2, -0.15) is 26.7 Å². The fourth-order valence-electron chi connectivity index (χ4n) is 3.34. The van der Waals surface area contributed by atoms with Crippen molar-refractivity contribution in [2.75, 3.05) is 6.61 Å². The molecule has 1 amide bonds. The normalized spacial score (nSPS) is 13.1. The second-order valence-electron chi connectivity index (χ2n) is 7.73. The molecule has 0 saturated carbocycles. The van der Waals surface area contributed by atoms with Gasteiger partial charge in [-0.25, -0.2) is 10.2 Å². The summed E-state index contributed by atoms with van der Waals surface area (Å²) < 4.78 is 70.1. The molecule has 0 spiro atoms. The van der Waals surface area contributed by atoms with E-state index in [1.54, 1.807) is 43.3 Å². The Labute approximate surface area is 217 Å². The highest BCUT2D eigenvalue weighted by atomic mass is 35.5. The molecular formula is C25H22ClF3N2O5S. The smallest absolute Gasteiger partial charge is 0.449 e. The molecule has 0 aliphatic carbocycles. The Morgan fingerprint density at radius 2 is 1.51 bits per heavy atom. The van der Waals surface area contributed by atoms with Crippen LogP contribution in [0, 0.1) is 6.92 Å². The van der Waals surface area contributed by atoms with Gasteiger partial charge < -0.3 is 8.92 Å². The fraction of sp³-hybridized carbons (Fsp3) is 0.200. The van der Waals surface area contributed by atoms with E-state index >= 15 is 0 Å². The molecule has 3 aromatic rings. The molecule has 0 aliphatic rings. The molecule has 0 saturated heterocycles. The molecule has 0 fully saturated rings. The monoisotopic (exact) mass is 554 g/mol. The van der Waals surface area contributed by atoms with Crippen molar-refractivity contribution in [3.8, 4) is 5.75 Å². The van der Waals surface area contributed by atoms with E-state index in [0.717, 1.165) is 17.7 Å². The molecule has 3 rings (SSSR count). The summed E-state index contributed by atoms with van der Waals surface area (Å²) in [4.78, 5) is 12.0. The van der Waals surface area contributed by atoms with E-state index < -0.39 is 33.4 Å². The molecular weight excluding hydrogens is 533 g/mol. The van der Waals surface area contributed by atoms with Crippen LogP contribution in [0.25, 0.3) is 0 Å². The molecule has 1 N–H and O–H groups in total. The standard InChI is InChI=1S/C25H22ClF3N2O5S/c1-3-35-24(32)31-30-23(19-6-4-16(2)5-7-19)22(17-8-12-20(26)13-9-17)18-10-14-21(15-11-18)36-37(33,34)25(27,28)29/h4-15,22H,3H2,1-2H3,(H,31,32). The Morgan fingerprint density at radius 1 is 0.973 bits per heavy atom. The topological polar surface area (TPSA) is 94.1 Å². The molecule has 196 valence electrons. The summed E-state index contributed by atoms with van der Waals surface area (Å²) in [7, 11) is -5.83. The SMILES string of the molecule is CCOC(=O)NN=C(c1ccc(C)cc1)C(c1ccc(Cl)cc1)c1ccc(OS(=O)(=O)C(F)(F)F)cc1. The number of hydrogen-bond acceptors (Lipinski definition) is 6. The minimum absolute atomic E-state index is 0.129. The first-order valence-corrected chi connectivity index (χ1v) is 12.6. The van der Waals surface area contributed by atoms with Gasteiger partial charge in [0.2, 0.25) is 0 Å². The summed E-state index contributed by atoms with van der Waals surface area (Å²) in [5.41, 5.74) is 0.000474. The Bertz CT molecular complexity index is 1360. The summed E-state index contributed by atoms with van der Waals surface area (Å²) in [6.45, 7) is 3.68. The maximum Gasteiger partial charge on any atom is 0.534 e. The van der Waals surface area contributed by atoms with Crippen molar-refractivity contribution in [3.05, 3.63) is 100 Å². The number of alkyl halides is 3. The zero-order valence-corrected chi connectivity index (χ0v) is 21.2. The number of amides is 1. The average Bonchev–Trinajstić information content (AvgIpc) is 2.83. The molecule has 1 unspecified atom stereocenters. The lowest BCUT2D eigenvalue weighted by atomic mass is 9.84. The second kappa shape index (κ2) is 11.7. The number of carbonyl (C=O) groups is 1. The maximum absolute atomic E-state index is 12.7. The molecule has 0 bridgehead atoms. The zero-order valence-electron chi connectivity index (χ0n) is 19.6. The Hall–Kier alpha value is -3.57. The van der Waals surface area contributed by atoms with Gasteiger partial charge in [-0.3, -0.25) is 0 Å². The third-order valence-electron chi connectivity index (χ3n) is 5.07. The van der Waals surface area contributed by atoms with Crippen LogP contribution in [-0.2, 0) is 14.9 Å². The molecule has 3 aromatic carbocycles. The number of nitrogens with one attached hydrogen (secondary N) is 1. The lowest BCUT2D eigenvalue weighted by molar-refractivity contribution is -0.0500. The fourth-order valence-corrected chi connectivity index (χ4v) is 3.93. The third kappa shape index (κ3) is 7.23. The summed E-state index contributed by atoms with van der Waals surface area (Å²) in [5.74, 6) is -1.18. The first-order chi connectivity index (χ1) is 17.4. The Morgan fingerprint density at radius 3 is 2.03 bits per heavy atom. The second-order valence-corrected chi connectivity index (χ2v) is 9.71. The highest BCUT2D eigenvalue weighted by Gasteiger charge is 2.48. The molecule has 0 aromatic heterocycles. The molecule has 0 aliphatic heterocycles. The van der Waals surface area contributed by atoms with Gasteiger partial charge in [0.05, 0.1) is 18.2 Å². The van der Waals surface area contributed by atoms with E-state index in [2.05, 4.69) is 14.7 Å². The van der Waals surface area contributed by atoms with Crippen molar-refractivity contribution in [1.82, 2.24) is 5.43 Å². The van der Waals surface area contributed by atoms with Crippen molar-refractivity contribution < 1.29 is 35.3 Å². The number of benzene rings is 3. The first-order valence-electron chi connectivity index (χ1n) is 10.8. The van der Waals surface area contributed by atoms with Gasteiger partial charge in [0.15, 0.2) is 0 Å². The number of rotatable bonds is 8. The molecule has 37 heavy (non-hydrogen) atoms. The predicted octanol–water partition coefficient (Wildman–Crippen LogP) is 6.16. The van der Waals surface area contributed by atoms with Crippen LogP contribution in [0.5, 0.6) is 5.75 Å². The summed E-state index contributed by atoms with van der Waals surface area (Å²) in [6, 6.07) is 19.1. The van der Waals surface area contributed by atoms with Crippen LogP contribution >= 0.6 is 11.6 Å². The van der Waals surface area contributed by atoms with Gasteiger partial charge in [-0.05, 0) is 54.8 Å². The highest BCUT2D eigenvalue weighted by molar-refractivity contribution is 7.88. The average molecular weight is 555 g/mol. The quantitative estimate of drug-likeness (QED) is 0.156. The van der Waals surface area contributed by atoms with Crippen molar-refractivity contribution >= 4 is 33.5 Å². The van der Waals surface area contributed by atoms with Crippen LogP contribution in [0.2, 0.25) is 5.02 Å². The number of carbonyl (C=O) groups excluding carboxylic acids is 1. The van der Waals surface area contributed by atoms with Gasteiger partial charge in [0, 0.05) is 5.02 Å². The van der Waals surface area contributed by atoms with Gasteiger partial charge >= 0.3 is 21.7 Å². The highest BCUT2D eigenvalue weighted by Crippen LogP contribution is 2.33. The number of hydrogen-bond donors (Lipinski definition) is 1. The van der Waals surface area contributed by atoms with E-state index in [1.165, 1.54) is 12.1 Å². The number of aryl methyl sites for hydroxylation is 1. The number of hydrazone groups is 1. The van der Waals surface area contributed by atoms with Gasteiger partial charge in [-0.15, -0.1) is 0 Å². The maximum atomic E-state index is 12.7. The molecule has 0 heterocycles. The Kier molecular flexibility index (Phi) is 8.82. The van der Waals surface area contributed by atoms with Crippen LogP contribution in [0.3, 0.4) is 0 Å². The summed E-state index contributed by atoms with van der Waals surface area (Å²) in [6.07, 6.45) is -0.775. The third-order valence-corrected chi connectivity index (χ3v) is 6.30. The van der Waals surface area contributed by atoms with Crippen molar-refractivity contribution in [3.63, 3.8) is 0 Å². The molecule has 7 nitrogen and oxygen atoms in total. The minimum Gasteiger partial charge on any atom is -0.449 e. The molecule has 1 atom stereocenters. The van der Waals surface area contributed by atoms with Crippen molar-refractivity contribution in [1.29, 1.82) is 0 Å². The summed E-state index contributed by atoms with van der Waals surface area (Å²) >= 11 is 6.06. The van der Waals surface area contributed by atoms with Crippen molar-refractivity contribution in [2.45, 2.75) is 25.3 Å². The van der Waals surface area contributed by atoms with E-state index in [-0.39, 0.29) is 6.61 Å². The van der Waals surface area contributed by atoms with Crippen LogP contribution < -0.4 is 9.61 Å². The van der Waals surface area contributed by atoms with E-state index in [4.69, 9.17) is 16.3 Å². The largest absolute Gasteiger partial charge is 0.534 e. The van der Waals surface area contributed by atoms with E-state index in [9.17, 15) is 26.4 Å². The van der Waals surface area contributed by atoms with Crippen molar-refractivity contribution in [2.24, 2.45) is 5.10 Å². The van der Waals surface area contributed by atoms with Crippen LogP contribution in [-0.4, -0.2) is 32.3 Å². The number of halogens is 4. The van der Waals surface area contributed by atoms with Gasteiger partial charge in [-0.1, -0.05) is 65.7 Å². The van der Waals surface area contributed by atoms with E-state index in [1.807, 2.05) is 19.1 Å². The lowest BCUT2D eigenvalue weighted by Gasteiger charge is -2.22. The van der Waals surface area contributed by atoms with Crippen LogP contribution in [0.4, 0.5) is 18.0 Å². The molecule has 12 heteroatoms. The van der Waals surface area contributed by atoms with Gasteiger partial charge in [0.1, 0.15) is 5.75 Å². The van der Waals surface area contributed by atoms with Crippen LogP contribution in [0.1, 0.15) is 35.1 Å². The van der Waals surface area contributed by atoms with Gasteiger partial charge in [0.25, 0.3) is 0 Å². The predicted molar refractivity (Wildman–Crippen MR) is 133 cm³/mol. The Balaban J connectivity index is 2.11. The molecule has 0 radical (unpaired) electrons.